The van der Waals surface area contributed by atoms with Crippen LogP contribution in [0.25, 0.3) is 0 Å². The van der Waals surface area contributed by atoms with Crippen LogP contribution >= 0.6 is 15.9 Å². The third kappa shape index (κ3) is 16.7. The predicted molar refractivity (Wildman–Crippen MR) is 375 cm³/mol. The van der Waals surface area contributed by atoms with Gasteiger partial charge in [0.1, 0.15) is 54.6 Å². The molecule has 5 heterocycles. The summed E-state index contributed by atoms with van der Waals surface area (Å²) in [6.07, 6.45) is -4.80. The Bertz CT molecular complexity index is 3520. The van der Waals surface area contributed by atoms with E-state index in [-0.39, 0.29) is 41.0 Å². The van der Waals surface area contributed by atoms with E-state index in [4.69, 9.17) is 46.9 Å². The summed E-state index contributed by atoms with van der Waals surface area (Å²) < 4.78 is 143. The normalized spacial score (nSPS) is 24.5. The van der Waals surface area contributed by atoms with Crippen molar-refractivity contribution in [2.24, 2.45) is 9.98 Å². The first-order valence-electron chi connectivity index (χ1n) is 31.5. The van der Waals surface area contributed by atoms with Gasteiger partial charge in [-0.05, 0) is 237 Å². The second-order valence-electron chi connectivity index (χ2n) is 32.7. The molecule has 5 aliphatic rings. The Morgan fingerprint density at radius 2 is 0.701 bits per heavy atom. The number of rotatable bonds is 4. The van der Waals surface area contributed by atoms with Gasteiger partial charge < -0.3 is 46.9 Å². The van der Waals surface area contributed by atoms with E-state index in [0.29, 0.717) is 19.7 Å². The Balaban J connectivity index is 0.000000331. The van der Waals surface area contributed by atoms with Gasteiger partial charge in [-0.2, -0.15) is 0 Å². The number of ether oxygens (including phenoxy) is 4. The third-order valence-electron chi connectivity index (χ3n) is 18.5. The first-order valence-corrected chi connectivity index (χ1v) is 35.2. The zero-order chi connectivity index (χ0) is 74.7. The average molecular weight is 1470 g/mol. The summed E-state index contributed by atoms with van der Waals surface area (Å²) in [4.78, 5) is 63.4. The number of nitrogens with zero attached hydrogens (tertiary/aromatic N) is 6. The van der Waals surface area contributed by atoms with Gasteiger partial charge in [-0.3, -0.25) is 0 Å². The minimum atomic E-state index is -4.41. The SMILES string of the molecule is C.CC1(C)OB(B2OC(C)(C)C(C)(C)O2)OC1(C)C.CN1C(N(C(=O)OC(C)(C)C)C(=O)OC(C)(C)C)=N[C@](C)(c2cc(B3OC(C)(C)C(C)(C)O3)ccc2F)C(C)(C)S1(=O)=O.CN1C(N(C(=O)OC(C)(C)C)C(=O)OC(C)(C)C)=N[C@](C)(c2cc(Br)ccc2F)C(C)(C)S1(=O)=O. The van der Waals surface area contributed by atoms with Crippen molar-refractivity contribution in [2.45, 2.75) is 292 Å². The number of guanidine groups is 2. The van der Waals surface area contributed by atoms with Gasteiger partial charge in [0.15, 0.2) is 0 Å². The van der Waals surface area contributed by atoms with Crippen LogP contribution in [0.4, 0.5) is 28.0 Å². The molecule has 0 bridgehead atoms. The summed E-state index contributed by atoms with van der Waals surface area (Å²) in [5.74, 6) is -2.63. The first-order chi connectivity index (χ1) is 42.5. The van der Waals surface area contributed by atoms with Gasteiger partial charge >= 0.3 is 45.5 Å². The summed E-state index contributed by atoms with van der Waals surface area (Å²) in [5, 5.41) is 0. The second-order valence-corrected chi connectivity index (χ2v) is 38.7. The number of halogens is 3. The monoisotopic (exact) mass is 1470 g/mol. The van der Waals surface area contributed by atoms with Gasteiger partial charge in [0, 0.05) is 29.7 Å². The highest BCUT2D eigenvalue weighted by Gasteiger charge is 2.65. The molecule has 3 fully saturated rings. The number of hydrogen-bond donors (Lipinski definition) is 0. The standard InChI is InChI=1S/C29H45BFN3O8S.C23H33BrFN3O6S.C12H24B2O4.CH4/c1-24(2,3)39-22(35)34(23(36)40-25(4,5)6)21-32-29(13,28(11,12)43(37,38)33(21)14)19-17-18(15-16-20(19)31)30-41-26(7,8)27(9,10)42-30;1-20(2,3)33-18(29)28(19(30)34-21(4,5)6)17-26-23(9,15-13-14(24)11-12-16(15)25)22(7,8)35(31,32)27(17)10;1-9(2)10(3,4)16-13(15-9)14-17-11(5,6)12(7,8)18-14;/h15-17H,1-14H3;11-13H,1-10H3;1-8H3;1H4/t29-;23-;;/m11../s1. The van der Waals surface area contributed by atoms with Gasteiger partial charge in [0.2, 0.25) is 32.0 Å². The zero-order valence-corrected chi connectivity index (χ0v) is 65.4. The van der Waals surface area contributed by atoms with Gasteiger partial charge in [-0.25, -0.2) is 63.4 Å². The highest BCUT2D eigenvalue weighted by molar-refractivity contribution is 9.10. The Morgan fingerprint density at radius 1 is 0.454 bits per heavy atom. The fourth-order valence-electron chi connectivity index (χ4n) is 9.98. The van der Waals surface area contributed by atoms with E-state index in [1.807, 2.05) is 83.1 Å². The number of hydrogen-bond acceptors (Lipinski definition) is 20. The van der Waals surface area contributed by atoms with Crippen LogP contribution in [0.1, 0.15) is 226 Å². The topological polar surface area (TPSA) is 267 Å². The molecule has 32 heteroatoms. The maximum absolute atomic E-state index is 15.8. The van der Waals surface area contributed by atoms with Crippen LogP contribution in [-0.2, 0) is 78.0 Å². The number of carbonyl (C=O) groups excluding carboxylic acids is 4. The van der Waals surface area contributed by atoms with Crippen molar-refractivity contribution >= 4 is 98.9 Å². The van der Waals surface area contributed by atoms with Crippen molar-refractivity contribution in [1.82, 2.24) is 18.4 Å². The lowest BCUT2D eigenvalue weighted by Crippen LogP contribution is -2.65. The lowest BCUT2D eigenvalue weighted by Gasteiger charge is -2.48. The van der Waals surface area contributed by atoms with E-state index in [2.05, 4.69) is 25.9 Å². The lowest BCUT2D eigenvalue weighted by molar-refractivity contribution is 0.00578. The molecular formula is C65H106B3BrF2N6O18S2. The van der Waals surface area contributed by atoms with Gasteiger partial charge in [-0.1, -0.05) is 35.5 Å². The van der Waals surface area contributed by atoms with E-state index in [0.717, 1.165) is 22.7 Å². The average Bonchev–Trinajstić information content (AvgIpc) is 1.66. The molecule has 0 radical (unpaired) electrons. The fraction of sp³-hybridized carbons (Fsp3) is 0.723. The largest absolute Gasteiger partial charge is 0.494 e. The molecule has 24 nitrogen and oxygen atoms in total. The summed E-state index contributed by atoms with van der Waals surface area (Å²) >= 11 is 3.29. The van der Waals surface area contributed by atoms with Gasteiger partial charge in [-0.15, -0.1) is 9.80 Å². The minimum Gasteiger partial charge on any atom is -0.443 e. The quantitative estimate of drug-likeness (QED) is 0.203. The number of imide groups is 2. The zero-order valence-electron chi connectivity index (χ0n) is 62.2. The third-order valence-corrected chi connectivity index (χ3v) is 24.2. The molecule has 2 aromatic carbocycles. The molecule has 3 saturated heterocycles. The Kier molecular flexibility index (Phi) is 23.3. The van der Waals surface area contributed by atoms with E-state index in [1.165, 1.54) is 77.9 Å². The number of aliphatic imine (C=N–C) groups is 2. The van der Waals surface area contributed by atoms with Crippen molar-refractivity contribution in [3.05, 3.63) is 63.6 Å². The minimum absolute atomic E-state index is 0. The Morgan fingerprint density at radius 3 is 0.969 bits per heavy atom. The molecule has 4 amide bonds. The van der Waals surface area contributed by atoms with E-state index < -0.39 is 143 Å². The lowest BCUT2D eigenvalue weighted by atomic mass is 9.49. The van der Waals surface area contributed by atoms with Crippen molar-refractivity contribution in [2.75, 3.05) is 14.1 Å². The van der Waals surface area contributed by atoms with Gasteiger partial charge in [0.25, 0.3) is 0 Å². The molecule has 0 unspecified atom stereocenters. The number of benzene rings is 2. The molecule has 546 valence electrons. The van der Waals surface area contributed by atoms with Crippen molar-refractivity contribution in [3.8, 4) is 0 Å². The molecule has 0 saturated carbocycles. The van der Waals surface area contributed by atoms with Crippen LogP contribution in [-0.4, -0.2) is 172 Å². The molecular weight excluding hydrogens is 1370 g/mol. The molecule has 0 aliphatic carbocycles. The van der Waals surface area contributed by atoms with Crippen LogP contribution < -0.4 is 5.46 Å². The van der Waals surface area contributed by atoms with Crippen LogP contribution in [0.3, 0.4) is 0 Å². The van der Waals surface area contributed by atoms with E-state index >= 15 is 8.78 Å². The highest BCUT2D eigenvalue weighted by Crippen LogP contribution is 2.50. The molecule has 0 N–H and O–H groups in total. The summed E-state index contributed by atoms with van der Waals surface area (Å²) in [6, 6.07) is 8.21. The second kappa shape index (κ2) is 26.8. The van der Waals surface area contributed by atoms with Crippen molar-refractivity contribution < 1.29 is 91.7 Å². The summed E-state index contributed by atoms with van der Waals surface area (Å²) in [7, 11) is -8.23. The van der Waals surface area contributed by atoms with Crippen LogP contribution in [0, 0.1) is 11.6 Å². The van der Waals surface area contributed by atoms with Gasteiger partial charge in [0.05, 0.1) is 33.6 Å². The maximum Gasteiger partial charge on any atom is 0.494 e. The van der Waals surface area contributed by atoms with Crippen LogP contribution in [0.2, 0.25) is 0 Å². The van der Waals surface area contributed by atoms with E-state index in [1.54, 1.807) is 83.1 Å². The number of sulfonamides is 2. The maximum atomic E-state index is 15.8. The van der Waals surface area contributed by atoms with Crippen LogP contribution in [0.5, 0.6) is 0 Å². The van der Waals surface area contributed by atoms with Crippen molar-refractivity contribution in [3.63, 3.8) is 0 Å². The molecule has 97 heavy (non-hydrogen) atoms. The molecule has 2 atom stereocenters. The summed E-state index contributed by atoms with van der Waals surface area (Å²) in [6.45, 7) is 51.3. The Hall–Kier alpha value is -4.95. The smallest absolute Gasteiger partial charge is 0.443 e. The molecule has 0 aromatic heterocycles. The van der Waals surface area contributed by atoms with Crippen molar-refractivity contribution in [1.29, 1.82) is 0 Å². The fourth-order valence-corrected chi connectivity index (χ4v) is 13.7. The highest BCUT2D eigenvalue weighted by atomic mass is 79.9. The molecule has 0 spiro atoms. The molecule has 2 aromatic rings. The molecule has 7 rings (SSSR count). The number of amides is 4. The predicted octanol–water partition coefficient (Wildman–Crippen LogP) is 13.2. The Labute approximate surface area is 585 Å². The molecule has 5 aliphatic heterocycles. The first kappa shape index (κ1) is 84.5. The number of carbonyl (C=O) groups is 4. The van der Waals surface area contributed by atoms with Crippen LogP contribution in [0.15, 0.2) is 50.9 Å². The van der Waals surface area contributed by atoms with E-state index in [9.17, 15) is 36.0 Å². The summed E-state index contributed by atoms with van der Waals surface area (Å²) in [5.41, 5.74) is -10.3.